The number of hydrogen-bond donors (Lipinski definition) is 0. The molecule has 0 aliphatic rings. The second-order valence-electron chi connectivity index (χ2n) is 5.52. The Morgan fingerprint density at radius 1 is 0.880 bits per heavy atom. The van der Waals surface area contributed by atoms with Crippen molar-refractivity contribution >= 4 is 17.3 Å². The molecule has 0 amide bonds. The van der Waals surface area contributed by atoms with Crippen molar-refractivity contribution in [2.24, 2.45) is 0 Å². The summed E-state index contributed by atoms with van der Waals surface area (Å²) in [4.78, 5) is 22.0. The Bertz CT molecular complexity index is 664. The number of ketones is 1. The molecule has 4 nitrogen and oxygen atoms in total. The number of carbonyl (C=O) groups is 2. The van der Waals surface area contributed by atoms with Gasteiger partial charge in [0, 0.05) is 0 Å². The Kier molecular flexibility index (Phi) is 7.60. The van der Waals surface area contributed by atoms with E-state index in [4.69, 9.17) is 9.47 Å². The standard InChI is InChI=1S/C21H22O4/c1-17(22)16-21(23)25-15-14-24-13-12-20(18-8-4-2-5-9-18)19-10-6-3-7-11-19/h2-12H,13-16H2,1H3. The topological polar surface area (TPSA) is 52.6 Å². The minimum atomic E-state index is -0.513. The van der Waals surface area contributed by atoms with E-state index in [0.717, 1.165) is 16.7 Å². The Morgan fingerprint density at radius 2 is 1.44 bits per heavy atom. The summed E-state index contributed by atoms with van der Waals surface area (Å²) in [7, 11) is 0. The third-order valence-electron chi connectivity index (χ3n) is 3.46. The van der Waals surface area contributed by atoms with Crippen molar-refractivity contribution in [2.45, 2.75) is 13.3 Å². The van der Waals surface area contributed by atoms with Gasteiger partial charge < -0.3 is 9.47 Å². The minimum Gasteiger partial charge on any atom is -0.463 e. The van der Waals surface area contributed by atoms with Gasteiger partial charge in [-0.1, -0.05) is 66.7 Å². The average Bonchev–Trinajstić information content (AvgIpc) is 2.62. The predicted molar refractivity (Wildman–Crippen MR) is 97.0 cm³/mol. The van der Waals surface area contributed by atoms with E-state index < -0.39 is 5.97 Å². The molecule has 25 heavy (non-hydrogen) atoms. The maximum absolute atomic E-state index is 11.3. The van der Waals surface area contributed by atoms with Crippen molar-refractivity contribution in [3.63, 3.8) is 0 Å². The third kappa shape index (κ3) is 6.73. The molecule has 4 heteroatoms. The molecule has 0 saturated heterocycles. The molecule has 130 valence electrons. The Hall–Kier alpha value is -2.72. The largest absolute Gasteiger partial charge is 0.463 e. The van der Waals surface area contributed by atoms with Gasteiger partial charge in [-0.25, -0.2) is 0 Å². The number of benzene rings is 2. The normalized spacial score (nSPS) is 10.1. The first-order chi connectivity index (χ1) is 12.2. The van der Waals surface area contributed by atoms with Gasteiger partial charge in [0.25, 0.3) is 0 Å². The van der Waals surface area contributed by atoms with E-state index in [9.17, 15) is 9.59 Å². The van der Waals surface area contributed by atoms with Crippen molar-refractivity contribution in [3.05, 3.63) is 77.9 Å². The van der Waals surface area contributed by atoms with E-state index in [1.165, 1.54) is 6.92 Å². The van der Waals surface area contributed by atoms with Crippen LogP contribution in [0.3, 0.4) is 0 Å². The maximum atomic E-state index is 11.3. The molecule has 0 heterocycles. The zero-order valence-corrected chi connectivity index (χ0v) is 14.3. The molecule has 0 fully saturated rings. The smallest absolute Gasteiger partial charge is 0.313 e. The lowest BCUT2D eigenvalue weighted by Crippen LogP contribution is -2.13. The quantitative estimate of drug-likeness (QED) is 0.398. The number of Topliss-reactive ketones (excluding diaryl/α,β-unsaturated/α-hetero) is 1. The Balaban J connectivity index is 1.89. The molecule has 0 aliphatic carbocycles. The first-order valence-electron chi connectivity index (χ1n) is 8.20. The van der Waals surface area contributed by atoms with E-state index in [0.29, 0.717) is 6.61 Å². The van der Waals surface area contributed by atoms with Crippen LogP contribution in [0.15, 0.2) is 66.7 Å². The molecule has 0 spiro atoms. The van der Waals surface area contributed by atoms with Crippen LogP contribution in [0, 0.1) is 0 Å². The van der Waals surface area contributed by atoms with Gasteiger partial charge in [0.15, 0.2) is 0 Å². The van der Waals surface area contributed by atoms with E-state index in [2.05, 4.69) is 24.3 Å². The average molecular weight is 338 g/mol. The predicted octanol–water partition coefficient (Wildman–Crippen LogP) is 3.66. The fraction of sp³-hybridized carbons (Fsp3) is 0.238. The van der Waals surface area contributed by atoms with Crippen LogP contribution in [-0.4, -0.2) is 31.6 Å². The number of ether oxygens (including phenoxy) is 2. The summed E-state index contributed by atoms with van der Waals surface area (Å²) >= 11 is 0. The lowest BCUT2D eigenvalue weighted by Gasteiger charge is -2.09. The highest BCUT2D eigenvalue weighted by Crippen LogP contribution is 2.22. The molecular weight excluding hydrogens is 316 g/mol. The minimum absolute atomic E-state index is 0.145. The highest BCUT2D eigenvalue weighted by atomic mass is 16.6. The third-order valence-corrected chi connectivity index (χ3v) is 3.46. The second-order valence-corrected chi connectivity index (χ2v) is 5.52. The monoisotopic (exact) mass is 338 g/mol. The van der Waals surface area contributed by atoms with Crippen LogP contribution in [0.2, 0.25) is 0 Å². The summed E-state index contributed by atoms with van der Waals surface area (Å²) in [6.45, 7) is 2.20. The fourth-order valence-corrected chi connectivity index (χ4v) is 2.33. The Morgan fingerprint density at radius 3 is 1.96 bits per heavy atom. The molecule has 0 saturated carbocycles. The second kappa shape index (κ2) is 10.2. The van der Waals surface area contributed by atoms with Crippen molar-refractivity contribution in [1.82, 2.24) is 0 Å². The van der Waals surface area contributed by atoms with Gasteiger partial charge in [0.05, 0.1) is 13.2 Å². The molecule has 2 rings (SSSR count). The van der Waals surface area contributed by atoms with Crippen LogP contribution in [-0.2, 0) is 19.1 Å². The van der Waals surface area contributed by atoms with E-state index in [-0.39, 0.29) is 25.4 Å². The van der Waals surface area contributed by atoms with Gasteiger partial charge >= 0.3 is 5.97 Å². The van der Waals surface area contributed by atoms with Crippen LogP contribution in [0.4, 0.5) is 0 Å². The molecule has 0 atom stereocenters. The molecule has 0 unspecified atom stereocenters. The van der Waals surface area contributed by atoms with Crippen LogP contribution in [0.25, 0.3) is 5.57 Å². The number of hydrogen-bond acceptors (Lipinski definition) is 4. The first kappa shape index (κ1) is 18.6. The molecular formula is C21H22O4. The highest BCUT2D eigenvalue weighted by molar-refractivity contribution is 5.94. The summed E-state index contributed by atoms with van der Waals surface area (Å²) < 4.78 is 10.4. The van der Waals surface area contributed by atoms with Gasteiger partial charge in [-0.15, -0.1) is 0 Å². The van der Waals surface area contributed by atoms with E-state index >= 15 is 0 Å². The molecule has 2 aromatic rings. The first-order valence-corrected chi connectivity index (χ1v) is 8.20. The summed E-state index contributed by atoms with van der Waals surface area (Å²) in [5.74, 6) is -0.717. The molecule has 0 radical (unpaired) electrons. The maximum Gasteiger partial charge on any atom is 0.313 e. The molecule has 2 aromatic carbocycles. The summed E-state index contributed by atoms with van der Waals surface area (Å²) in [6.07, 6.45) is 1.83. The van der Waals surface area contributed by atoms with Crippen molar-refractivity contribution in [1.29, 1.82) is 0 Å². The van der Waals surface area contributed by atoms with Crippen molar-refractivity contribution in [3.8, 4) is 0 Å². The Labute approximate surface area is 148 Å². The zero-order valence-electron chi connectivity index (χ0n) is 14.3. The summed E-state index contributed by atoms with van der Waals surface area (Å²) in [5.41, 5.74) is 3.32. The van der Waals surface area contributed by atoms with Gasteiger partial charge in [-0.3, -0.25) is 9.59 Å². The van der Waals surface area contributed by atoms with Crippen LogP contribution < -0.4 is 0 Å². The van der Waals surface area contributed by atoms with E-state index in [1.54, 1.807) is 0 Å². The molecule has 0 aromatic heterocycles. The van der Waals surface area contributed by atoms with Crippen molar-refractivity contribution < 1.29 is 19.1 Å². The molecule has 0 bridgehead atoms. The lowest BCUT2D eigenvalue weighted by molar-refractivity contribution is -0.147. The number of rotatable bonds is 9. The van der Waals surface area contributed by atoms with E-state index in [1.807, 2.05) is 42.5 Å². The van der Waals surface area contributed by atoms with Crippen LogP contribution in [0.5, 0.6) is 0 Å². The van der Waals surface area contributed by atoms with Gasteiger partial charge in [-0.05, 0) is 23.6 Å². The van der Waals surface area contributed by atoms with Gasteiger partial charge in [-0.2, -0.15) is 0 Å². The van der Waals surface area contributed by atoms with Crippen molar-refractivity contribution in [2.75, 3.05) is 19.8 Å². The number of carbonyl (C=O) groups excluding carboxylic acids is 2. The fourth-order valence-electron chi connectivity index (χ4n) is 2.33. The summed E-state index contributed by atoms with van der Waals surface area (Å²) in [5, 5.41) is 0. The van der Waals surface area contributed by atoms with Gasteiger partial charge in [0.1, 0.15) is 18.8 Å². The molecule has 0 N–H and O–H groups in total. The number of esters is 1. The zero-order chi connectivity index (χ0) is 17.9. The highest BCUT2D eigenvalue weighted by Gasteiger charge is 2.06. The SMILES string of the molecule is CC(=O)CC(=O)OCCOCC=C(c1ccccc1)c1ccccc1. The van der Waals surface area contributed by atoms with Crippen LogP contribution >= 0.6 is 0 Å². The van der Waals surface area contributed by atoms with Crippen LogP contribution in [0.1, 0.15) is 24.5 Å². The van der Waals surface area contributed by atoms with Gasteiger partial charge in [0.2, 0.25) is 0 Å². The lowest BCUT2D eigenvalue weighted by atomic mass is 9.98. The summed E-state index contributed by atoms with van der Waals surface area (Å²) in [6, 6.07) is 20.2. The molecule has 0 aliphatic heterocycles.